The highest BCUT2D eigenvalue weighted by Crippen LogP contribution is 2.37. The fourth-order valence-corrected chi connectivity index (χ4v) is 2.96. The zero-order chi connectivity index (χ0) is 15.6. The molecule has 0 amide bonds. The third kappa shape index (κ3) is 3.85. The average molecular weight is 304 g/mol. The zero-order valence-corrected chi connectivity index (χ0v) is 13.6. The van der Waals surface area contributed by atoms with Crippen LogP contribution >= 0.6 is 11.3 Å². The van der Waals surface area contributed by atoms with Gasteiger partial charge in [0, 0.05) is 4.88 Å². The molecule has 4 heteroatoms. The Kier molecular flexibility index (Phi) is 4.37. The number of carboxylic acids is 1. The Hall–Kier alpha value is -1.81. The van der Waals surface area contributed by atoms with E-state index < -0.39 is 5.97 Å². The molecule has 1 N–H and O–H groups in total. The van der Waals surface area contributed by atoms with E-state index in [4.69, 9.17) is 4.74 Å². The molecule has 0 spiro atoms. The van der Waals surface area contributed by atoms with Crippen molar-refractivity contribution < 1.29 is 14.6 Å². The molecule has 0 bridgehead atoms. The molecule has 0 unspecified atom stereocenters. The van der Waals surface area contributed by atoms with E-state index in [2.05, 4.69) is 20.8 Å². The molecule has 0 aliphatic rings. The molecular weight excluding hydrogens is 284 g/mol. The zero-order valence-electron chi connectivity index (χ0n) is 12.8. The molecule has 3 nitrogen and oxygen atoms in total. The maximum absolute atomic E-state index is 11.4. The number of aromatic carboxylic acids is 1. The first kappa shape index (κ1) is 15.6. The summed E-state index contributed by atoms with van der Waals surface area (Å²) in [6.07, 6.45) is 0. The summed E-state index contributed by atoms with van der Waals surface area (Å²) in [6, 6.07) is 9.86. The van der Waals surface area contributed by atoms with Gasteiger partial charge in [-0.15, -0.1) is 11.3 Å². The van der Waals surface area contributed by atoms with Gasteiger partial charge in [0.1, 0.15) is 12.4 Å². The van der Waals surface area contributed by atoms with Gasteiger partial charge in [-0.25, -0.2) is 4.79 Å². The summed E-state index contributed by atoms with van der Waals surface area (Å²) < 4.78 is 5.74. The van der Waals surface area contributed by atoms with Crippen LogP contribution in [0.2, 0.25) is 0 Å². The van der Waals surface area contributed by atoms with Gasteiger partial charge in [0.2, 0.25) is 0 Å². The second kappa shape index (κ2) is 5.90. The summed E-state index contributed by atoms with van der Waals surface area (Å²) in [5.41, 5.74) is 2.12. The molecule has 0 fully saturated rings. The molecule has 0 radical (unpaired) electrons. The molecule has 1 heterocycles. The van der Waals surface area contributed by atoms with Crippen LogP contribution in [0.25, 0.3) is 0 Å². The van der Waals surface area contributed by atoms with Gasteiger partial charge in [-0.1, -0.05) is 50.6 Å². The van der Waals surface area contributed by atoms with Crippen LogP contribution in [0.1, 0.15) is 46.4 Å². The van der Waals surface area contributed by atoms with Crippen LogP contribution in [-0.4, -0.2) is 11.1 Å². The Balaban J connectivity index is 2.23. The van der Waals surface area contributed by atoms with Crippen LogP contribution in [-0.2, 0) is 12.0 Å². The molecule has 21 heavy (non-hydrogen) atoms. The smallest absolute Gasteiger partial charge is 0.349 e. The predicted molar refractivity (Wildman–Crippen MR) is 85.5 cm³/mol. The molecule has 1 aromatic carbocycles. The fourth-order valence-electron chi connectivity index (χ4n) is 1.96. The van der Waals surface area contributed by atoms with Gasteiger partial charge in [0.15, 0.2) is 4.88 Å². The number of hydrogen-bond donors (Lipinski definition) is 1. The Morgan fingerprint density at radius 3 is 2.57 bits per heavy atom. The van der Waals surface area contributed by atoms with Gasteiger partial charge in [-0.3, -0.25) is 0 Å². The minimum Gasteiger partial charge on any atom is -0.487 e. The number of rotatable bonds is 4. The standard InChI is InChI=1S/C17H20O3S/c1-11-6-5-7-12(8-11)10-20-13-9-14(17(2,3)4)21-15(13)16(18)19/h5-9H,10H2,1-4H3,(H,18,19). The van der Waals surface area contributed by atoms with Crippen molar-refractivity contribution in [1.82, 2.24) is 0 Å². The number of aryl methyl sites for hydroxylation is 1. The van der Waals surface area contributed by atoms with Crippen molar-refractivity contribution >= 4 is 17.3 Å². The van der Waals surface area contributed by atoms with E-state index >= 15 is 0 Å². The van der Waals surface area contributed by atoms with Crippen molar-refractivity contribution in [2.24, 2.45) is 0 Å². The predicted octanol–water partition coefficient (Wildman–Crippen LogP) is 4.63. The largest absolute Gasteiger partial charge is 0.487 e. The number of ether oxygens (including phenoxy) is 1. The number of hydrogen-bond acceptors (Lipinski definition) is 3. The maximum atomic E-state index is 11.4. The van der Waals surface area contributed by atoms with Gasteiger partial charge in [0.25, 0.3) is 0 Å². The lowest BCUT2D eigenvalue weighted by atomic mass is 9.95. The lowest BCUT2D eigenvalue weighted by Crippen LogP contribution is -2.08. The Labute approximate surface area is 129 Å². The molecule has 0 aliphatic carbocycles. The lowest BCUT2D eigenvalue weighted by molar-refractivity contribution is 0.0697. The Morgan fingerprint density at radius 1 is 1.29 bits per heavy atom. The van der Waals surface area contributed by atoms with Crippen LogP contribution in [0.15, 0.2) is 30.3 Å². The maximum Gasteiger partial charge on any atom is 0.349 e. The first-order valence-corrected chi connectivity index (χ1v) is 7.65. The summed E-state index contributed by atoms with van der Waals surface area (Å²) in [6.45, 7) is 8.59. The van der Waals surface area contributed by atoms with Gasteiger partial charge >= 0.3 is 5.97 Å². The van der Waals surface area contributed by atoms with Crippen molar-refractivity contribution in [2.75, 3.05) is 0 Å². The second-order valence-corrected chi connectivity index (χ2v) is 7.19. The van der Waals surface area contributed by atoms with Gasteiger partial charge in [0.05, 0.1) is 0 Å². The average Bonchev–Trinajstić information content (AvgIpc) is 2.80. The third-order valence-electron chi connectivity index (χ3n) is 3.11. The van der Waals surface area contributed by atoms with E-state index in [1.807, 2.05) is 37.3 Å². The van der Waals surface area contributed by atoms with E-state index in [-0.39, 0.29) is 10.3 Å². The minimum atomic E-state index is -0.935. The molecule has 0 atom stereocenters. The van der Waals surface area contributed by atoms with Crippen molar-refractivity contribution in [2.45, 2.75) is 39.7 Å². The molecule has 0 saturated carbocycles. The number of carboxylic acid groups (broad SMARTS) is 1. The van der Waals surface area contributed by atoms with Crippen LogP contribution in [0.3, 0.4) is 0 Å². The van der Waals surface area contributed by atoms with Crippen LogP contribution in [0.5, 0.6) is 5.75 Å². The highest BCUT2D eigenvalue weighted by molar-refractivity contribution is 7.14. The van der Waals surface area contributed by atoms with Crippen molar-refractivity contribution in [3.8, 4) is 5.75 Å². The molecule has 2 aromatic rings. The number of benzene rings is 1. The van der Waals surface area contributed by atoms with Gasteiger partial charge < -0.3 is 9.84 Å². The normalized spacial score (nSPS) is 11.4. The molecule has 1 aromatic heterocycles. The van der Waals surface area contributed by atoms with Crippen molar-refractivity contribution in [3.05, 3.63) is 51.2 Å². The van der Waals surface area contributed by atoms with Crippen LogP contribution in [0.4, 0.5) is 0 Å². The first-order chi connectivity index (χ1) is 9.77. The monoisotopic (exact) mass is 304 g/mol. The summed E-state index contributed by atoms with van der Waals surface area (Å²) in [7, 11) is 0. The SMILES string of the molecule is Cc1cccc(COc2cc(C(C)(C)C)sc2C(=O)O)c1. The first-order valence-electron chi connectivity index (χ1n) is 6.83. The van der Waals surface area contributed by atoms with Gasteiger partial charge in [-0.05, 0) is 24.0 Å². The minimum absolute atomic E-state index is 0.0835. The Morgan fingerprint density at radius 2 is 2.00 bits per heavy atom. The summed E-state index contributed by atoms with van der Waals surface area (Å²) >= 11 is 1.29. The van der Waals surface area contributed by atoms with E-state index in [0.29, 0.717) is 12.4 Å². The summed E-state index contributed by atoms with van der Waals surface area (Å²) in [5.74, 6) is -0.478. The molecule has 112 valence electrons. The third-order valence-corrected chi connectivity index (χ3v) is 4.64. The number of carbonyl (C=O) groups is 1. The highest BCUT2D eigenvalue weighted by atomic mass is 32.1. The van der Waals surface area contributed by atoms with E-state index in [9.17, 15) is 9.90 Å². The molecular formula is C17H20O3S. The van der Waals surface area contributed by atoms with Crippen molar-refractivity contribution in [3.63, 3.8) is 0 Å². The lowest BCUT2D eigenvalue weighted by Gasteiger charge is -2.15. The second-order valence-electron chi connectivity index (χ2n) is 6.14. The Bertz CT molecular complexity index is 650. The highest BCUT2D eigenvalue weighted by Gasteiger charge is 2.23. The van der Waals surface area contributed by atoms with E-state index in [1.54, 1.807) is 0 Å². The van der Waals surface area contributed by atoms with Gasteiger partial charge in [-0.2, -0.15) is 0 Å². The molecule has 0 aliphatic heterocycles. The van der Waals surface area contributed by atoms with Crippen LogP contribution < -0.4 is 4.74 Å². The molecule has 2 rings (SSSR count). The number of thiophene rings is 1. The van der Waals surface area contributed by atoms with E-state index in [1.165, 1.54) is 11.3 Å². The van der Waals surface area contributed by atoms with Crippen LogP contribution in [0, 0.1) is 6.92 Å². The van der Waals surface area contributed by atoms with E-state index in [0.717, 1.165) is 16.0 Å². The van der Waals surface area contributed by atoms with Crippen molar-refractivity contribution in [1.29, 1.82) is 0 Å². The quantitative estimate of drug-likeness (QED) is 0.895. The topological polar surface area (TPSA) is 46.5 Å². The summed E-state index contributed by atoms with van der Waals surface area (Å²) in [5, 5.41) is 9.32. The summed E-state index contributed by atoms with van der Waals surface area (Å²) in [4.78, 5) is 12.6. The molecule has 0 saturated heterocycles. The fraction of sp³-hybridized carbons (Fsp3) is 0.353.